The Balaban J connectivity index is 2.19. The maximum Gasteiger partial charge on any atom is 0.264 e. The molecule has 1 aliphatic heterocycles. The first-order chi connectivity index (χ1) is 9.34. The number of carbonyl (C=O) groups excluding carboxylic acids is 1. The molecule has 1 aliphatic rings. The molecule has 3 N–H and O–H groups in total. The lowest BCUT2D eigenvalue weighted by Crippen LogP contribution is -2.61. The molecule has 2 rings (SSSR count). The highest BCUT2D eigenvalue weighted by Crippen LogP contribution is 2.24. The number of nitrogens with two attached hydrogens (primary N) is 1. The summed E-state index contributed by atoms with van der Waals surface area (Å²) < 4.78 is 0. The van der Waals surface area contributed by atoms with Crippen LogP contribution in [-0.2, 0) is 0 Å². The van der Waals surface area contributed by atoms with Gasteiger partial charge in [0, 0.05) is 13.1 Å². The number of hydrogen-bond acceptors (Lipinski definition) is 5. The van der Waals surface area contributed by atoms with E-state index in [9.17, 15) is 4.79 Å². The number of nitrogens with zero attached hydrogens (tertiary/aromatic N) is 2. The zero-order valence-electron chi connectivity index (χ0n) is 12.0. The summed E-state index contributed by atoms with van der Waals surface area (Å²) in [5.41, 5.74) is 6.10. The molecule has 0 saturated carbocycles. The summed E-state index contributed by atoms with van der Waals surface area (Å²) >= 11 is 6.61. The molecule has 1 aromatic rings. The predicted octanol–water partition coefficient (Wildman–Crippen LogP) is 1.24. The predicted molar refractivity (Wildman–Crippen MR) is 85.3 cm³/mol. The topological polar surface area (TPSA) is 71.2 Å². The van der Waals surface area contributed by atoms with E-state index in [1.54, 1.807) is 0 Å². The van der Waals surface area contributed by atoms with Gasteiger partial charge in [0.15, 0.2) is 0 Å². The maximum atomic E-state index is 12.5. The standard InChI is InChI=1S/C13H20N4OS2/c1-8-10(20-9(2)15-8)11(18)16-13(12(14)19)4-6-17(3)7-5-13/h4-7H2,1-3H3,(H2,14,19)(H,16,18). The smallest absolute Gasteiger partial charge is 0.264 e. The lowest BCUT2D eigenvalue weighted by molar-refractivity contribution is 0.0893. The molecule has 0 atom stereocenters. The maximum absolute atomic E-state index is 12.5. The van der Waals surface area contributed by atoms with Crippen molar-refractivity contribution in [3.05, 3.63) is 15.6 Å². The second kappa shape index (κ2) is 5.75. The van der Waals surface area contributed by atoms with Gasteiger partial charge in [-0.3, -0.25) is 4.79 Å². The van der Waals surface area contributed by atoms with E-state index < -0.39 is 5.54 Å². The number of carbonyl (C=O) groups is 1. The second-order valence-corrected chi connectivity index (χ2v) is 6.99. The van der Waals surface area contributed by atoms with Crippen LogP contribution < -0.4 is 11.1 Å². The van der Waals surface area contributed by atoms with Gasteiger partial charge in [0.05, 0.1) is 21.2 Å². The fourth-order valence-electron chi connectivity index (χ4n) is 2.45. The molecule has 0 radical (unpaired) electrons. The van der Waals surface area contributed by atoms with E-state index in [1.807, 2.05) is 13.8 Å². The van der Waals surface area contributed by atoms with Crippen LogP contribution in [-0.4, -0.2) is 46.5 Å². The molecular formula is C13H20N4OS2. The van der Waals surface area contributed by atoms with Crippen LogP contribution in [0.1, 0.15) is 33.2 Å². The quantitative estimate of drug-likeness (QED) is 0.822. The summed E-state index contributed by atoms with van der Waals surface area (Å²) in [6, 6.07) is 0. The number of thiocarbonyl (C=S) groups is 1. The average Bonchev–Trinajstić information content (AvgIpc) is 2.71. The highest BCUT2D eigenvalue weighted by atomic mass is 32.1. The molecule has 0 spiro atoms. The van der Waals surface area contributed by atoms with Gasteiger partial charge in [0.1, 0.15) is 4.88 Å². The van der Waals surface area contributed by atoms with Gasteiger partial charge >= 0.3 is 0 Å². The van der Waals surface area contributed by atoms with Crippen molar-refractivity contribution < 1.29 is 4.79 Å². The van der Waals surface area contributed by atoms with Crippen LogP contribution in [0.3, 0.4) is 0 Å². The molecule has 1 aromatic heterocycles. The molecule has 0 aromatic carbocycles. The Kier molecular flexibility index (Phi) is 4.41. The van der Waals surface area contributed by atoms with Gasteiger partial charge < -0.3 is 16.0 Å². The van der Waals surface area contributed by atoms with Gasteiger partial charge in [-0.05, 0) is 33.7 Å². The molecule has 20 heavy (non-hydrogen) atoms. The number of amides is 1. The Morgan fingerprint density at radius 3 is 2.50 bits per heavy atom. The molecule has 7 heteroatoms. The summed E-state index contributed by atoms with van der Waals surface area (Å²) in [4.78, 5) is 20.0. The van der Waals surface area contributed by atoms with E-state index in [-0.39, 0.29) is 5.91 Å². The third kappa shape index (κ3) is 2.99. The van der Waals surface area contributed by atoms with E-state index in [4.69, 9.17) is 18.0 Å². The van der Waals surface area contributed by atoms with Crippen molar-refractivity contribution in [2.75, 3.05) is 20.1 Å². The van der Waals surface area contributed by atoms with Crippen LogP contribution in [0.15, 0.2) is 0 Å². The zero-order valence-corrected chi connectivity index (χ0v) is 13.7. The number of aromatic nitrogens is 1. The highest BCUT2D eigenvalue weighted by Gasteiger charge is 2.38. The summed E-state index contributed by atoms with van der Waals surface area (Å²) in [6.45, 7) is 5.49. The minimum atomic E-state index is -0.566. The van der Waals surface area contributed by atoms with Crippen LogP contribution in [0.25, 0.3) is 0 Å². The van der Waals surface area contributed by atoms with E-state index in [1.165, 1.54) is 11.3 Å². The third-order valence-electron chi connectivity index (χ3n) is 3.77. The molecule has 2 heterocycles. The third-order valence-corrected chi connectivity index (χ3v) is 5.24. The molecule has 0 unspecified atom stereocenters. The van der Waals surface area contributed by atoms with Crippen LogP contribution in [0.5, 0.6) is 0 Å². The first-order valence-corrected chi connectivity index (χ1v) is 7.81. The van der Waals surface area contributed by atoms with Crippen molar-refractivity contribution in [1.82, 2.24) is 15.2 Å². The number of piperidine rings is 1. The normalized spacial score (nSPS) is 18.8. The van der Waals surface area contributed by atoms with Crippen molar-refractivity contribution in [2.24, 2.45) is 5.73 Å². The van der Waals surface area contributed by atoms with E-state index in [2.05, 4.69) is 22.2 Å². The van der Waals surface area contributed by atoms with Crippen molar-refractivity contribution in [3.63, 3.8) is 0 Å². The number of hydrogen-bond donors (Lipinski definition) is 2. The van der Waals surface area contributed by atoms with Crippen LogP contribution >= 0.6 is 23.6 Å². The largest absolute Gasteiger partial charge is 0.391 e. The second-order valence-electron chi connectivity index (χ2n) is 5.35. The molecule has 0 bridgehead atoms. The van der Waals surface area contributed by atoms with Crippen LogP contribution in [0.4, 0.5) is 0 Å². The van der Waals surface area contributed by atoms with E-state index in [0.717, 1.165) is 36.6 Å². The summed E-state index contributed by atoms with van der Waals surface area (Å²) in [5.74, 6) is -0.120. The Bertz CT molecular complexity index is 532. The lowest BCUT2D eigenvalue weighted by Gasteiger charge is -2.40. The zero-order chi connectivity index (χ0) is 14.9. The van der Waals surface area contributed by atoms with Crippen molar-refractivity contribution in [1.29, 1.82) is 0 Å². The fourth-order valence-corrected chi connectivity index (χ4v) is 3.52. The monoisotopic (exact) mass is 312 g/mol. The number of rotatable bonds is 3. The Morgan fingerprint density at radius 1 is 1.45 bits per heavy atom. The summed E-state index contributed by atoms with van der Waals surface area (Å²) in [7, 11) is 2.06. The van der Waals surface area contributed by atoms with Crippen molar-refractivity contribution in [2.45, 2.75) is 32.2 Å². The summed E-state index contributed by atoms with van der Waals surface area (Å²) in [5, 5.41) is 3.95. The Labute approximate surface area is 128 Å². The van der Waals surface area contributed by atoms with E-state index >= 15 is 0 Å². The average molecular weight is 312 g/mol. The SMILES string of the molecule is Cc1nc(C)c(C(=O)NC2(C(N)=S)CCN(C)CC2)s1. The molecule has 5 nitrogen and oxygen atoms in total. The van der Waals surface area contributed by atoms with Crippen molar-refractivity contribution >= 4 is 34.5 Å². The summed E-state index contributed by atoms with van der Waals surface area (Å²) in [6.07, 6.45) is 1.50. The van der Waals surface area contributed by atoms with Gasteiger partial charge in [-0.15, -0.1) is 11.3 Å². The van der Waals surface area contributed by atoms with E-state index in [0.29, 0.717) is 9.87 Å². The van der Waals surface area contributed by atoms with Gasteiger partial charge in [0.2, 0.25) is 0 Å². The first kappa shape index (κ1) is 15.3. The van der Waals surface area contributed by atoms with Gasteiger partial charge in [-0.1, -0.05) is 12.2 Å². The lowest BCUT2D eigenvalue weighted by atomic mass is 9.87. The van der Waals surface area contributed by atoms with Crippen molar-refractivity contribution in [3.8, 4) is 0 Å². The fraction of sp³-hybridized carbons (Fsp3) is 0.615. The Morgan fingerprint density at radius 2 is 2.05 bits per heavy atom. The molecule has 110 valence electrons. The van der Waals surface area contributed by atoms with Gasteiger partial charge in [0.25, 0.3) is 5.91 Å². The molecule has 1 fully saturated rings. The first-order valence-electron chi connectivity index (χ1n) is 6.59. The van der Waals surface area contributed by atoms with Gasteiger partial charge in [-0.2, -0.15) is 0 Å². The van der Waals surface area contributed by atoms with Gasteiger partial charge in [-0.25, -0.2) is 4.98 Å². The molecule has 0 aliphatic carbocycles. The minimum Gasteiger partial charge on any atom is -0.391 e. The van der Waals surface area contributed by atoms with Crippen LogP contribution in [0, 0.1) is 13.8 Å². The van der Waals surface area contributed by atoms with Crippen LogP contribution in [0.2, 0.25) is 0 Å². The molecule has 1 saturated heterocycles. The number of nitrogens with one attached hydrogen (secondary N) is 1. The minimum absolute atomic E-state index is 0.120. The number of likely N-dealkylation sites (tertiary alicyclic amines) is 1. The number of thiazole rings is 1. The number of aryl methyl sites for hydroxylation is 2. The molecule has 1 amide bonds. The Hall–Kier alpha value is -1.05. The molecular weight excluding hydrogens is 292 g/mol. The highest BCUT2D eigenvalue weighted by molar-refractivity contribution is 7.80.